The maximum Gasteiger partial charge on any atom is 0.274 e. The molecule has 23 heavy (non-hydrogen) atoms. The van der Waals surface area contributed by atoms with Gasteiger partial charge in [-0.15, -0.1) is 0 Å². The van der Waals surface area contributed by atoms with E-state index in [1.165, 1.54) is 0 Å². The number of nitrogens with zero attached hydrogens (tertiary/aromatic N) is 5. The Hall–Kier alpha value is -2.62. The third-order valence-corrected chi connectivity index (χ3v) is 4.16. The Kier molecular flexibility index (Phi) is 3.68. The molecular weight excluding hydrogens is 292 g/mol. The summed E-state index contributed by atoms with van der Waals surface area (Å²) < 4.78 is 1.77. The van der Waals surface area contributed by atoms with Crippen LogP contribution in [0.2, 0.25) is 0 Å². The van der Waals surface area contributed by atoms with Gasteiger partial charge in [0, 0.05) is 30.4 Å². The zero-order valence-corrected chi connectivity index (χ0v) is 13.6. The van der Waals surface area contributed by atoms with Crippen molar-refractivity contribution in [1.29, 1.82) is 5.26 Å². The van der Waals surface area contributed by atoms with E-state index in [-0.39, 0.29) is 17.4 Å². The second-order valence-electron chi connectivity index (χ2n) is 6.93. The third kappa shape index (κ3) is 2.97. The highest BCUT2D eigenvalue weighted by molar-refractivity contribution is 5.92. The van der Waals surface area contributed by atoms with Crippen LogP contribution in [0.1, 0.15) is 55.0 Å². The summed E-state index contributed by atoms with van der Waals surface area (Å²) in [6.45, 7) is 7.48. The smallest absolute Gasteiger partial charge is 0.274 e. The SMILES string of the molecule is CC(C)(C)c1cc(C(=O)N2CCC(n3cc(C#N)cn3)C2)n[nH]1. The van der Waals surface area contributed by atoms with Crippen molar-refractivity contribution in [3.05, 3.63) is 35.4 Å². The minimum absolute atomic E-state index is 0.0630. The van der Waals surface area contributed by atoms with E-state index < -0.39 is 0 Å². The fourth-order valence-electron chi connectivity index (χ4n) is 2.72. The van der Waals surface area contributed by atoms with Gasteiger partial charge in [0.1, 0.15) is 11.8 Å². The Morgan fingerprint density at radius 3 is 2.87 bits per heavy atom. The van der Waals surface area contributed by atoms with Crippen molar-refractivity contribution in [3.63, 3.8) is 0 Å². The first-order chi connectivity index (χ1) is 10.9. The minimum Gasteiger partial charge on any atom is -0.335 e. The molecule has 0 bridgehead atoms. The lowest BCUT2D eigenvalue weighted by Gasteiger charge is -2.16. The molecule has 7 nitrogen and oxygen atoms in total. The number of H-pyrrole nitrogens is 1. The lowest BCUT2D eigenvalue weighted by atomic mass is 9.92. The monoisotopic (exact) mass is 312 g/mol. The van der Waals surface area contributed by atoms with Crippen molar-refractivity contribution in [2.24, 2.45) is 0 Å². The molecule has 2 aromatic rings. The number of likely N-dealkylation sites (tertiary alicyclic amines) is 1. The number of hydrogen-bond acceptors (Lipinski definition) is 4. The van der Waals surface area contributed by atoms with Gasteiger partial charge < -0.3 is 4.90 Å². The molecule has 2 aromatic heterocycles. The summed E-state index contributed by atoms with van der Waals surface area (Å²) in [6, 6.07) is 4.01. The number of amides is 1. The van der Waals surface area contributed by atoms with E-state index in [9.17, 15) is 4.79 Å². The molecule has 1 atom stereocenters. The third-order valence-electron chi connectivity index (χ3n) is 4.16. The molecular formula is C16H20N6O. The minimum atomic E-state index is -0.0676. The fraction of sp³-hybridized carbons (Fsp3) is 0.500. The number of carbonyl (C=O) groups is 1. The molecule has 1 fully saturated rings. The zero-order valence-electron chi connectivity index (χ0n) is 13.6. The molecule has 1 amide bonds. The van der Waals surface area contributed by atoms with Crippen LogP contribution in [0.4, 0.5) is 0 Å². The van der Waals surface area contributed by atoms with Crippen molar-refractivity contribution in [2.45, 2.75) is 38.6 Å². The Labute approximate surface area is 134 Å². The van der Waals surface area contributed by atoms with Crippen molar-refractivity contribution >= 4 is 5.91 Å². The number of carbonyl (C=O) groups excluding carboxylic acids is 1. The summed E-state index contributed by atoms with van der Waals surface area (Å²) in [7, 11) is 0. The number of aromatic nitrogens is 4. The topological polar surface area (TPSA) is 90.6 Å². The molecule has 1 aliphatic rings. The van der Waals surface area contributed by atoms with E-state index in [1.807, 2.05) is 6.07 Å². The van der Waals surface area contributed by atoms with E-state index in [0.717, 1.165) is 12.1 Å². The number of aromatic amines is 1. The quantitative estimate of drug-likeness (QED) is 0.916. The number of rotatable bonds is 2. The van der Waals surface area contributed by atoms with Gasteiger partial charge in [0.05, 0.1) is 17.8 Å². The molecule has 0 spiro atoms. The van der Waals surface area contributed by atoms with E-state index in [0.29, 0.717) is 24.3 Å². The predicted octanol–water partition coefficient (Wildman–Crippen LogP) is 1.86. The van der Waals surface area contributed by atoms with Crippen LogP contribution in [-0.4, -0.2) is 43.9 Å². The van der Waals surface area contributed by atoms with Crippen LogP contribution in [0.25, 0.3) is 0 Å². The van der Waals surface area contributed by atoms with Gasteiger partial charge in [0.2, 0.25) is 0 Å². The molecule has 0 radical (unpaired) electrons. The number of nitrogens with one attached hydrogen (secondary N) is 1. The molecule has 1 aliphatic heterocycles. The summed E-state index contributed by atoms with van der Waals surface area (Å²) in [5.41, 5.74) is 1.87. The standard InChI is InChI=1S/C16H20N6O/c1-16(2,3)14-6-13(19-20-14)15(23)21-5-4-12(10-21)22-9-11(7-17)8-18-22/h6,8-9,12H,4-5,10H2,1-3H3,(H,19,20). The second-order valence-corrected chi connectivity index (χ2v) is 6.93. The summed E-state index contributed by atoms with van der Waals surface area (Å²) in [4.78, 5) is 14.4. The van der Waals surface area contributed by atoms with Gasteiger partial charge >= 0.3 is 0 Å². The normalized spacial score (nSPS) is 18.2. The van der Waals surface area contributed by atoms with E-state index >= 15 is 0 Å². The Bertz CT molecular complexity index is 760. The Balaban J connectivity index is 1.70. The van der Waals surface area contributed by atoms with Crippen LogP contribution in [0.5, 0.6) is 0 Å². The van der Waals surface area contributed by atoms with Crippen LogP contribution in [0, 0.1) is 11.3 Å². The summed E-state index contributed by atoms with van der Waals surface area (Å²) in [6.07, 6.45) is 4.10. The molecule has 1 saturated heterocycles. The molecule has 0 aromatic carbocycles. The maximum absolute atomic E-state index is 12.6. The molecule has 0 aliphatic carbocycles. The van der Waals surface area contributed by atoms with Gasteiger partial charge in [0.15, 0.2) is 0 Å². The Morgan fingerprint density at radius 1 is 1.48 bits per heavy atom. The van der Waals surface area contributed by atoms with E-state index in [4.69, 9.17) is 5.26 Å². The molecule has 1 N–H and O–H groups in total. The highest BCUT2D eigenvalue weighted by Crippen LogP contribution is 2.24. The fourth-order valence-corrected chi connectivity index (χ4v) is 2.72. The van der Waals surface area contributed by atoms with Crippen LogP contribution in [-0.2, 0) is 5.41 Å². The molecule has 120 valence electrons. The molecule has 0 saturated carbocycles. The first kappa shape index (κ1) is 15.3. The average molecular weight is 312 g/mol. The van der Waals surface area contributed by atoms with Gasteiger partial charge in [0.25, 0.3) is 5.91 Å². The lowest BCUT2D eigenvalue weighted by Crippen LogP contribution is -2.29. The first-order valence-corrected chi connectivity index (χ1v) is 7.68. The number of nitriles is 1. The van der Waals surface area contributed by atoms with E-state index in [1.54, 1.807) is 22.0 Å². The largest absolute Gasteiger partial charge is 0.335 e. The lowest BCUT2D eigenvalue weighted by molar-refractivity contribution is 0.0781. The highest BCUT2D eigenvalue weighted by atomic mass is 16.2. The predicted molar refractivity (Wildman–Crippen MR) is 83.8 cm³/mol. The molecule has 1 unspecified atom stereocenters. The van der Waals surface area contributed by atoms with Crippen molar-refractivity contribution in [2.75, 3.05) is 13.1 Å². The number of hydrogen-bond donors (Lipinski definition) is 1. The van der Waals surface area contributed by atoms with Gasteiger partial charge in [-0.3, -0.25) is 14.6 Å². The first-order valence-electron chi connectivity index (χ1n) is 7.68. The van der Waals surface area contributed by atoms with Gasteiger partial charge in [-0.1, -0.05) is 20.8 Å². The van der Waals surface area contributed by atoms with Crippen LogP contribution < -0.4 is 0 Å². The van der Waals surface area contributed by atoms with Crippen molar-refractivity contribution < 1.29 is 4.79 Å². The summed E-state index contributed by atoms with van der Waals surface area (Å²) in [5.74, 6) is -0.0630. The molecule has 7 heteroatoms. The summed E-state index contributed by atoms with van der Waals surface area (Å²) in [5, 5.41) is 20.2. The van der Waals surface area contributed by atoms with Gasteiger partial charge in [-0.2, -0.15) is 15.5 Å². The summed E-state index contributed by atoms with van der Waals surface area (Å²) >= 11 is 0. The van der Waals surface area contributed by atoms with Gasteiger partial charge in [-0.25, -0.2) is 0 Å². The molecule has 3 heterocycles. The zero-order chi connectivity index (χ0) is 16.6. The highest BCUT2D eigenvalue weighted by Gasteiger charge is 2.30. The van der Waals surface area contributed by atoms with Gasteiger partial charge in [-0.05, 0) is 12.5 Å². The molecule has 3 rings (SSSR count). The van der Waals surface area contributed by atoms with Crippen LogP contribution >= 0.6 is 0 Å². The van der Waals surface area contributed by atoms with Crippen molar-refractivity contribution in [3.8, 4) is 6.07 Å². The Morgan fingerprint density at radius 2 is 2.26 bits per heavy atom. The van der Waals surface area contributed by atoms with Crippen molar-refractivity contribution in [1.82, 2.24) is 24.9 Å². The second kappa shape index (κ2) is 5.54. The average Bonchev–Trinajstić information content (AvgIpc) is 3.23. The van der Waals surface area contributed by atoms with Crippen LogP contribution in [0.3, 0.4) is 0 Å². The maximum atomic E-state index is 12.6. The van der Waals surface area contributed by atoms with Crippen LogP contribution in [0.15, 0.2) is 18.5 Å². The van der Waals surface area contributed by atoms with E-state index in [2.05, 4.69) is 42.1 Å².